The number of hydrogen-bond donors (Lipinski definition) is 2. The standard InChI is InChI=1S/C16H20BrN5O2/c1-24-14-8-13(19-9-11(14)17)16(23)22-6-4-10(5-7-22)12-2-3-15(18)21-20-12/h2-3,8-10,16,23H,4-7H2,1H3,(H2,18,21). The number of piperidine rings is 1. The van der Waals surface area contributed by atoms with Crippen molar-refractivity contribution in [3.8, 4) is 5.75 Å². The summed E-state index contributed by atoms with van der Waals surface area (Å²) in [6.07, 6.45) is 2.71. The van der Waals surface area contributed by atoms with E-state index in [1.165, 1.54) is 0 Å². The zero-order valence-electron chi connectivity index (χ0n) is 13.4. The maximum absolute atomic E-state index is 10.6. The average Bonchev–Trinajstić information content (AvgIpc) is 2.62. The van der Waals surface area contributed by atoms with E-state index in [2.05, 4.69) is 31.1 Å². The van der Waals surface area contributed by atoms with Gasteiger partial charge in [-0.15, -0.1) is 5.10 Å². The van der Waals surface area contributed by atoms with Crippen LogP contribution in [-0.4, -0.2) is 45.4 Å². The van der Waals surface area contributed by atoms with Gasteiger partial charge in [0.15, 0.2) is 6.23 Å². The first kappa shape index (κ1) is 17.1. The molecule has 1 fully saturated rings. The Hall–Kier alpha value is -1.77. The maximum atomic E-state index is 10.6. The Labute approximate surface area is 149 Å². The molecule has 0 aliphatic carbocycles. The van der Waals surface area contributed by atoms with Gasteiger partial charge in [-0.1, -0.05) is 0 Å². The number of likely N-dealkylation sites (tertiary alicyclic amines) is 1. The van der Waals surface area contributed by atoms with Crippen molar-refractivity contribution in [1.82, 2.24) is 20.1 Å². The first-order chi connectivity index (χ1) is 11.6. The average molecular weight is 394 g/mol. The molecule has 1 aliphatic heterocycles. The molecule has 1 atom stereocenters. The summed E-state index contributed by atoms with van der Waals surface area (Å²) >= 11 is 3.37. The highest BCUT2D eigenvalue weighted by atomic mass is 79.9. The number of ether oxygens (including phenoxy) is 1. The number of methoxy groups -OCH3 is 1. The molecule has 7 nitrogen and oxygen atoms in total. The van der Waals surface area contributed by atoms with Gasteiger partial charge in [-0.2, -0.15) is 5.10 Å². The van der Waals surface area contributed by atoms with Crippen LogP contribution < -0.4 is 10.5 Å². The topological polar surface area (TPSA) is 97.4 Å². The van der Waals surface area contributed by atoms with Gasteiger partial charge in [0.1, 0.15) is 11.6 Å². The number of aromatic nitrogens is 3. The number of nitrogen functional groups attached to an aromatic ring is 1. The molecule has 3 N–H and O–H groups in total. The quantitative estimate of drug-likeness (QED) is 0.820. The number of aliphatic hydroxyl groups is 1. The summed E-state index contributed by atoms with van der Waals surface area (Å²) in [5.74, 6) is 1.43. The second-order valence-corrected chi connectivity index (χ2v) is 6.67. The number of halogens is 1. The lowest BCUT2D eigenvalue weighted by atomic mass is 9.93. The summed E-state index contributed by atoms with van der Waals surface area (Å²) in [5, 5.41) is 18.7. The molecule has 2 aromatic rings. The van der Waals surface area contributed by atoms with E-state index >= 15 is 0 Å². The Balaban J connectivity index is 1.64. The highest BCUT2D eigenvalue weighted by Crippen LogP contribution is 2.32. The smallest absolute Gasteiger partial charge is 0.150 e. The van der Waals surface area contributed by atoms with Crippen LogP contribution in [0.25, 0.3) is 0 Å². The Morgan fingerprint density at radius 3 is 2.71 bits per heavy atom. The minimum atomic E-state index is -0.745. The van der Waals surface area contributed by atoms with Crippen LogP contribution in [0.1, 0.15) is 36.4 Å². The minimum Gasteiger partial charge on any atom is -0.495 e. The third-order valence-electron chi connectivity index (χ3n) is 4.33. The Morgan fingerprint density at radius 2 is 2.08 bits per heavy atom. The molecule has 3 heterocycles. The molecule has 1 saturated heterocycles. The lowest BCUT2D eigenvalue weighted by molar-refractivity contribution is -0.0165. The Bertz CT molecular complexity index is 689. The van der Waals surface area contributed by atoms with Crippen LogP contribution in [0, 0.1) is 0 Å². The van der Waals surface area contributed by atoms with E-state index in [0.29, 0.717) is 23.2 Å². The number of nitrogens with two attached hydrogens (primary N) is 1. The van der Waals surface area contributed by atoms with Crippen LogP contribution in [0.5, 0.6) is 5.75 Å². The molecule has 2 aromatic heterocycles. The van der Waals surface area contributed by atoms with Crippen molar-refractivity contribution in [2.24, 2.45) is 0 Å². The third-order valence-corrected chi connectivity index (χ3v) is 4.92. The van der Waals surface area contributed by atoms with Crippen molar-refractivity contribution < 1.29 is 9.84 Å². The first-order valence-electron chi connectivity index (χ1n) is 7.79. The molecule has 128 valence electrons. The summed E-state index contributed by atoms with van der Waals surface area (Å²) in [6.45, 7) is 1.52. The lowest BCUT2D eigenvalue weighted by Crippen LogP contribution is -2.36. The van der Waals surface area contributed by atoms with Crippen LogP contribution in [-0.2, 0) is 0 Å². The molecule has 3 rings (SSSR count). The number of hydrogen-bond acceptors (Lipinski definition) is 7. The molecule has 24 heavy (non-hydrogen) atoms. The van der Waals surface area contributed by atoms with Crippen molar-refractivity contribution in [3.05, 3.63) is 40.3 Å². The lowest BCUT2D eigenvalue weighted by Gasteiger charge is -2.34. The molecule has 0 aromatic carbocycles. The summed E-state index contributed by atoms with van der Waals surface area (Å²) in [6, 6.07) is 5.47. The summed E-state index contributed by atoms with van der Waals surface area (Å²) in [5.41, 5.74) is 7.13. The van der Waals surface area contributed by atoms with Crippen LogP contribution in [0.3, 0.4) is 0 Å². The van der Waals surface area contributed by atoms with Gasteiger partial charge in [-0.3, -0.25) is 9.88 Å². The number of aliphatic hydroxyl groups excluding tert-OH is 1. The second-order valence-electron chi connectivity index (χ2n) is 5.81. The number of pyridine rings is 1. The zero-order valence-corrected chi connectivity index (χ0v) is 15.0. The van der Waals surface area contributed by atoms with Gasteiger partial charge in [0.2, 0.25) is 0 Å². The van der Waals surface area contributed by atoms with Crippen LogP contribution in [0.4, 0.5) is 5.82 Å². The van der Waals surface area contributed by atoms with Gasteiger partial charge in [0.25, 0.3) is 0 Å². The zero-order chi connectivity index (χ0) is 17.1. The summed E-state index contributed by atoms with van der Waals surface area (Å²) in [4.78, 5) is 6.30. The van der Waals surface area contributed by atoms with Gasteiger partial charge in [0.05, 0.1) is 23.0 Å². The van der Waals surface area contributed by atoms with Crippen LogP contribution in [0.15, 0.2) is 28.9 Å². The molecule has 0 radical (unpaired) electrons. The van der Waals surface area contributed by atoms with Gasteiger partial charge in [-0.05, 0) is 40.9 Å². The van der Waals surface area contributed by atoms with E-state index in [1.54, 1.807) is 25.4 Å². The summed E-state index contributed by atoms with van der Waals surface area (Å²) < 4.78 is 6.03. The highest BCUT2D eigenvalue weighted by Gasteiger charge is 2.27. The number of nitrogens with zero attached hydrogens (tertiary/aromatic N) is 4. The molecule has 0 spiro atoms. The first-order valence-corrected chi connectivity index (χ1v) is 8.58. The van der Waals surface area contributed by atoms with E-state index in [-0.39, 0.29) is 0 Å². The summed E-state index contributed by atoms with van der Waals surface area (Å²) in [7, 11) is 1.59. The van der Waals surface area contributed by atoms with Crippen LogP contribution >= 0.6 is 15.9 Å². The highest BCUT2D eigenvalue weighted by molar-refractivity contribution is 9.10. The van der Waals surface area contributed by atoms with E-state index in [1.807, 2.05) is 11.0 Å². The molecule has 1 aliphatic rings. The number of anilines is 1. The van der Waals surface area contributed by atoms with Gasteiger partial charge >= 0.3 is 0 Å². The number of rotatable bonds is 4. The largest absolute Gasteiger partial charge is 0.495 e. The SMILES string of the molecule is COc1cc(C(O)N2CCC(c3ccc(N)nn3)CC2)ncc1Br. The van der Waals surface area contributed by atoms with E-state index in [0.717, 1.165) is 36.1 Å². The predicted molar refractivity (Wildman–Crippen MR) is 93.4 cm³/mol. The normalized spacial score (nSPS) is 17.6. The fourth-order valence-corrected chi connectivity index (χ4v) is 3.31. The fourth-order valence-electron chi connectivity index (χ4n) is 2.93. The molecule has 0 saturated carbocycles. The second kappa shape index (κ2) is 7.42. The van der Waals surface area contributed by atoms with Crippen molar-refractivity contribution in [3.63, 3.8) is 0 Å². The van der Waals surface area contributed by atoms with Gasteiger partial charge in [-0.25, -0.2) is 0 Å². The van der Waals surface area contributed by atoms with Crippen molar-refractivity contribution in [2.75, 3.05) is 25.9 Å². The molecular weight excluding hydrogens is 374 g/mol. The van der Waals surface area contributed by atoms with Crippen LogP contribution in [0.2, 0.25) is 0 Å². The predicted octanol–water partition coefficient (Wildman–Crippen LogP) is 2.10. The molecule has 1 unspecified atom stereocenters. The minimum absolute atomic E-state index is 0.342. The monoisotopic (exact) mass is 393 g/mol. The molecule has 0 bridgehead atoms. The van der Waals surface area contributed by atoms with Crippen molar-refractivity contribution >= 4 is 21.7 Å². The molecular formula is C16H20BrN5O2. The van der Waals surface area contributed by atoms with E-state index in [4.69, 9.17) is 10.5 Å². The van der Waals surface area contributed by atoms with Crippen molar-refractivity contribution in [2.45, 2.75) is 25.0 Å². The van der Waals surface area contributed by atoms with Gasteiger partial charge in [0, 0.05) is 31.3 Å². The molecule has 0 amide bonds. The Kier molecular flexibility index (Phi) is 5.27. The third kappa shape index (κ3) is 3.66. The Morgan fingerprint density at radius 1 is 1.33 bits per heavy atom. The van der Waals surface area contributed by atoms with Gasteiger partial charge < -0.3 is 15.6 Å². The van der Waals surface area contributed by atoms with E-state index < -0.39 is 6.23 Å². The van der Waals surface area contributed by atoms with Crippen molar-refractivity contribution in [1.29, 1.82) is 0 Å². The molecule has 8 heteroatoms. The maximum Gasteiger partial charge on any atom is 0.150 e. The van der Waals surface area contributed by atoms with E-state index in [9.17, 15) is 5.11 Å². The fraction of sp³-hybridized carbons (Fsp3) is 0.438.